The molecule has 0 unspecified atom stereocenters. The van der Waals surface area contributed by atoms with E-state index in [1.165, 1.54) is 12.1 Å². The maximum Gasteiger partial charge on any atom is 0.233 e. The highest BCUT2D eigenvalue weighted by atomic mass is 19.1. The minimum absolute atomic E-state index is 0.0913. The summed E-state index contributed by atoms with van der Waals surface area (Å²) < 4.78 is 13.4. The van der Waals surface area contributed by atoms with Crippen molar-refractivity contribution in [2.24, 2.45) is 5.73 Å². The summed E-state index contributed by atoms with van der Waals surface area (Å²) in [5, 5.41) is 0. The average molecular weight is 262 g/mol. The Morgan fingerprint density at radius 1 is 1.42 bits per heavy atom. The third-order valence-corrected chi connectivity index (χ3v) is 4.51. The fraction of sp³-hybridized carbons (Fsp3) is 0.533. The minimum Gasteiger partial charge on any atom is -0.340 e. The van der Waals surface area contributed by atoms with Gasteiger partial charge in [-0.1, -0.05) is 18.6 Å². The number of hydrogen-bond donors (Lipinski definition) is 1. The molecule has 1 saturated heterocycles. The van der Waals surface area contributed by atoms with Crippen molar-refractivity contribution in [3.63, 3.8) is 0 Å². The Balaban J connectivity index is 1.89. The number of carbonyl (C=O) groups excluding carboxylic acids is 1. The van der Waals surface area contributed by atoms with E-state index in [4.69, 9.17) is 5.73 Å². The summed E-state index contributed by atoms with van der Waals surface area (Å²) in [7, 11) is 0. The predicted octanol–water partition coefficient (Wildman–Crippen LogP) is 1.81. The second-order valence-corrected chi connectivity index (χ2v) is 5.75. The van der Waals surface area contributed by atoms with Gasteiger partial charge < -0.3 is 10.6 Å². The number of carbonyl (C=O) groups is 1. The molecule has 0 radical (unpaired) electrons. The summed E-state index contributed by atoms with van der Waals surface area (Å²) in [4.78, 5) is 14.6. The third-order valence-electron chi connectivity index (χ3n) is 4.51. The van der Waals surface area contributed by atoms with Gasteiger partial charge in [0.2, 0.25) is 5.91 Å². The van der Waals surface area contributed by atoms with Crippen LogP contribution in [0.25, 0.3) is 0 Å². The second kappa shape index (κ2) is 4.60. The summed E-state index contributed by atoms with van der Waals surface area (Å²) >= 11 is 0. The molecular weight excluding hydrogens is 243 g/mol. The van der Waals surface area contributed by atoms with Crippen LogP contribution in [-0.2, 0) is 10.2 Å². The summed E-state index contributed by atoms with van der Waals surface area (Å²) in [5.41, 5.74) is 6.20. The highest BCUT2D eigenvalue weighted by Crippen LogP contribution is 2.45. The van der Waals surface area contributed by atoms with Crippen molar-refractivity contribution in [1.29, 1.82) is 0 Å². The first-order valence-corrected chi connectivity index (χ1v) is 6.93. The number of likely N-dealkylation sites (tertiary alicyclic amines) is 1. The molecule has 1 aliphatic heterocycles. The molecule has 1 aliphatic carbocycles. The molecule has 2 aliphatic rings. The second-order valence-electron chi connectivity index (χ2n) is 5.75. The Hall–Kier alpha value is -1.42. The minimum atomic E-state index is -0.494. The highest BCUT2D eigenvalue weighted by molar-refractivity contribution is 5.89. The summed E-state index contributed by atoms with van der Waals surface area (Å²) in [5.74, 6) is -0.132. The van der Waals surface area contributed by atoms with Crippen LogP contribution in [0, 0.1) is 5.82 Å². The predicted molar refractivity (Wildman–Crippen MR) is 71.1 cm³/mol. The van der Waals surface area contributed by atoms with Crippen LogP contribution >= 0.6 is 0 Å². The zero-order valence-electron chi connectivity index (χ0n) is 10.9. The lowest BCUT2D eigenvalue weighted by atomic mass is 9.63. The van der Waals surface area contributed by atoms with Crippen molar-refractivity contribution >= 4 is 5.91 Å². The number of nitrogens with zero attached hydrogens (tertiary/aromatic N) is 1. The van der Waals surface area contributed by atoms with Gasteiger partial charge in [0.1, 0.15) is 5.82 Å². The molecule has 102 valence electrons. The maximum atomic E-state index is 13.4. The van der Waals surface area contributed by atoms with E-state index >= 15 is 0 Å². The fourth-order valence-electron chi connectivity index (χ4n) is 3.22. The van der Waals surface area contributed by atoms with Gasteiger partial charge in [-0.25, -0.2) is 4.39 Å². The van der Waals surface area contributed by atoms with E-state index in [-0.39, 0.29) is 17.8 Å². The third kappa shape index (κ3) is 2.04. The molecule has 1 amide bonds. The van der Waals surface area contributed by atoms with E-state index in [9.17, 15) is 9.18 Å². The van der Waals surface area contributed by atoms with Crippen molar-refractivity contribution < 1.29 is 9.18 Å². The van der Waals surface area contributed by atoms with Gasteiger partial charge in [-0.15, -0.1) is 0 Å². The highest BCUT2D eigenvalue weighted by Gasteiger charge is 2.48. The van der Waals surface area contributed by atoms with E-state index in [1.807, 2.05) is 11.0 Å². The molecule has 2 N–H and O–H groups in total. The number of nitrogens with two attached hydrogens (primary N) is 1. The van der Waals surface area contributed by atoms with Crippen LogP contribution in [0.2, 0.25) is 0 Å². The number of rotatable bonds is 2. The quantitative estimate of drug-likeness (QED) is 0.883. The monoisotopic (exact) mass is 262 g/mol. The van der Waals surface area contributed by atoms with Crippen molar-refractivity contribution in [3.05, 3.63) is 35.6 Å². The molecule has 1 aromatic rings. The molecule has 1 aromatic carbocycles. The zero-order chi connectivity index (χ0) is 13.5. The molecule has 3 rings (SSSR count). The molecule has 1 atom stereocenters. The lowest BCUT2D eigenvalue weighted by molar-refractivity contribution is -0.139. The van der Waals surface area contributed by atoms with Crippen LogP contribution in [-0.4, -0.2) is 29.9 Å². The molecule has 4 heteroatoms. The van der Waals surface area contributed by atoms with Crippen LogP contribution in [0.3, 0.4) is 0 Å². The molecule has 0 aromatic heterocycles. The van der Waals surface area contributed by atoms with E-state index in [2.05, 4.69) is 0 Å². The molecule has 0 bridgehead atoms. The smallest absolute Gasteiger partial charge is 0.233 e. The Kier molecular flexibility index (Phi) is 3.05. The Morgan fingerprint density at radius 3 is 2.74 bits per heavy atom. The normalized spacial score (nSPS) is 25.2. The van der Waals surface area contributed by atoms with Crippen molar-refractivity contribution in [2.45, 2.75) is 37.1 Å². The van der Waals surface area contributed by atoms with Crippen molar-refractivity contribution in [3.8, 4) is 0 Å². The van der Waals surface area contributed by atoms with Gasteiger partial charge in [-0.2, -0.15) is 0 Å². The first-order chi connectivity index (χ1) is 9.12. The molecule has 3 nitrogen and oxygen atoms in total. The average Bonchev–Trinajstić information content (AvgIpc) is 2.74. The molecule has 0 spiro atoms. The van der Waals surface area contributed by atoms with Crippen molar-refractivity contribution in [1.82, 2.24) is 4.90 Å². The summed E-state index contributed by atoms with van der Waals surface area (Å²) in [6.07, 6.45) is 3.54. The van der Waals surface area contributed by atoms with Gasteiger partial charge in [0.25, 0.3) is 0 Å². The Bertz CT molecular complexity index is 499. The van der Waals surface area contributed by atoms with E-state index < -0.39 is 5.41 Å². The van der Waals surface area contributed by atoms with E-state index in [1.54, 1.807) is 6.07 Å². The lowest BCUT2D eigenvalue weighted by Crippen LogP contribution is -2.50. The Morgan fingerprint density at radius 2 is 2.21 bits per heavy atom. The van der Waals surface area contributed by atoms with Crippen LogP contribution in [0.4, 0.5) is 4.39 Å². The molecular formula is C15H19FN2O. The number of amides is 1. The van der Waals surface area contributed by atoms with Gasteiger partial charge in [-0.05, 0) is 37.0 Å². The van der Waals surface area contributed by atoms with Crippen LogP contribution in [0.5, 0.6) is 0 Å². The number of benzene rings is 1. The summed E-state index contributed by atoms with van der Waals surface area (Å²) in [6.45, 7) is 1.37. The maximum absolute atomic E-state index is 13.4. The van der Waals surface area contributed by atoms with Crippen molar-refractivity contribution in [2.75, 3.05) is 13.1 Å². The van der Waals surface area contributed by atoms with Crippen LogP contribution in [0.15, 0.2) is 24.3 Å². The standard InChI is InChI=1S/C15H19FN2O/c16-12-4-1-3-11(9-12)15(6-2-7-15)14(19)18-8-5-13(17)10-18/h1,3-4,9,13H,2,5-8,10,17H2/t13-/m1/s1. The molecule has 1 heterocycles. The first kappa shape index (κ1) is 12.6. The number of hydrogen-bond acceptors (Lipinski definition) is 2. The SMILES string of the molecule is N[C@@H]1CCN(C(=O)C2(c3cccc(F)c3)CCC2)C1. The van der Waals surface area contributed by atoms with Gasteiger partial charge >= 0.3 is 0 Å². The summed E-state index contributed by atoms with van der Waals surface area (Å²) in [6, 6.07) is 6.58. The van der Waals surface area contributed by atoms with Gasteiger partial charge in [0, 0.05) is 19.1 Å². The fourth-order valence-corrected chi connectivity index (χ4v) is 3.22. The van der Waals surface area contributed by atoms with E-state index in [0.717, 1.165) is 37.8 Å². The topological polar surface area (TPSA) is 46.3 Å². The zero-order valence-corrected chi connectivity index (χ0v) is 10.9. The van der Waals surface area contributed by atoms with Gasteiger partial charge in [0.15, 0.2) is 0 Å². The number of halogens is 1. The largest absolute Gasteiger partial charge is 0.340 e. The van der Waals surface area contributed by atoms with E-state index in [0.29, 0.717) is 6.54 Å². The molecule has 1 saturated carbocycles. The van der Waals surface area contributed by atoms with Gasteiger partial charge in [-0.3, -0.25) is 4.79 Å². The van der Waals surface area contributed by atoms with Crippen LogP contribution in [0.1, 0.15) is 31.2 Å². The molecule has 2 fully saturated rings. The Labute approximate surface area is 112 Å². The lowest BCUT2D eigenvalue weighted by Gasteiger charge is -2.43. The van der Waals surface area contributed by atoms with Gasteiger partial charge in [0.05, 0.1) is 5.41 Å². The molecule has 19 heavy (non-hydrogen) atoms. The first-order valence-electron chi connectivity index (χ1n) is 6.93. The van der Waals surface area contributed by atoms with Crippen LogP contribution < -0.4 is 5.73 Å².